The van der Waals surface area contributed by atoms with Gasteiger partial charge in [0.2, 0.25) is 5.91 Å². The number of amides is 1. The summed E-state index contributed by atoms with van der Waals surface area (Å²) in [6.07, 6.45) is 3.42. The molecule has 3 aromatic heterocycles. The number of nitrogens with one attached hydrogen (secondary N) is 1. The average Bonchev–Trinajstić information content (AvgIpc) is 3.42. The van der Waals surface area contributed by atoms with Gasteiger partial charge in [0.1, 0.15) is 5.82 Å². The first-order chi connectivity index (χ1) is 15.6. The molecule has 10 nitrogen and oxygen atoms in total. The summed E-state index contributed by atoms with van der Waals surface area (Å²) < 4.78 is 38.8. The van der Waals surface area contributed by atoms with Crippen LogP contribution in [-0.2, 0) is 36.3 Å². The van der Waals surface area contributed by atoms with Crippen LogP contribution < -0.4 is 5.32 Å². The molecule has 0 bridgehead atoms. The molecule has 3 aromatic rings. The van der Waals surface area contributed by atoms with Gasteiger partial charge in [-0.05, 0) is 12.1 Å². The van der Waals surface area contributed by atoms with Gasteiger partial charge in [0.15, 0.2) is 0 Å². The predicted octanol–water partition coefficient (Wildman–Crippen LogP) is 1.85. The van der Waals surface area contributed by atoms with Crippen molar-refractivity contribution in [1.29, 1.82) is 0 Å². The molecule has 33 heavy (non-hydrogen) atoms. The van der Waals surface area contributed by atoms with E-state index in [9.17, 15) is 18.0 Å². The van der Waals surface area contributed by atoms with E-state index in [1.807, 2.05) is 17.7 Å². The monoisotopic (exact) mass is 466 g/mol. The van der Waals surface area contributed by atoms with E-state index in [0.717, 1.165) is 23.5 Å². The van der Waals surface area contributed by atoms with Crippen molar-refractivity contribution < 1.29 is 32.3 Å². The SMILES string of the molecule is Cn1cnc2c1C(C(=O)NCc1ncccn1)CN(Cc1ccoc1)C2.O=C(O)C(F)(F)F. The average molecular weight is 466 g/mol. The maximum atomic E-state index is 12.9. The fraction of sp³-hybridized carbons (Fsp3) is 0.350. The third-order valence-corrected chi connectivity index (χ3v) is 4.79. The summed E-state index contributed by atoms with van der Waals surface area (Å²) >= 11 is 0. The molecule has 1 aliphatic heterocycles. The van der Waals surface area contributed by atoms with Crippen LogP contribution in [0, 0.1) is 0 Å². The first kappa shape index (κ1) is 23.9. The van der Waals surface area contributed by atoms with Crippen LogP contribution in [0.2, 0.25) is 0 Å². The summed E-state index contributed by atoms with van der Waals surface area (Å²) in [6.45, 7) is 2.37. The molecule has 0 saturated carbocycles. The Labute approximate surface area is 186 Å². The minimum absolute atomic E-state index is 0.0424. The molecule has 13 heteroatoms. The van der Waals surface area contributed by atoms with Crippen LogP contribution in [0.4, 0.5) is 13.2 Å². The third-order valence-electron chi connectivity index (χ3n) is 4.79. The van der Waals surface area contributed by atoms with E-state index in [0.29, 0.717) is 25.5 Å². The van der Waals surface area contributed by atoms with Gasteiger partial charge in [-0.25, -0.2) is 19.7 Å². The minimum Gasteiger partial charge on any atom is -0.475 e. The lowest BCUT2D eigenvalue weighted by atomic mass is 9.96. The van der Waals surface area contributed by atoms with E-state index < -0.39 is 12.1 Å². The molecule has 1 unspecified atom stereocenters. The molecule has 0 fully saturated rings. The second-order valence-corrected chi connectivity index (χ2v) is 7.23. The van der Waals surface area contributed by atoms with Gasteiger partial charge in [-0.1, -0.05) is 0 Å². The lowest BCUT2D eigenvalue weighted by Crippen LogP contribution is -2.41. The fourth-order valence-electron chi connectivity index (χ4n) is 3.36. The molecular formula is C20H21F3N6O4. The Kier molecular flexibility index (Phi) is 7.43. The van der Waals surface area contributed by atoms with Crippen molar-refractivity contribution in [3.63, 3.8) is 0 Å². The van der Waals surface area contributed by atoms with Crippen LogP contribution >= 0.6 is 0 Å². The van der Waals surface area contributed by atoms with E-state index in [4.69, 9.17) is 14.3 Å². The number of aliphatic carboxylic acids is 1. The standard InChI is InChI=1S/C18H20N6O2.C2HF3O2/c1-23-12-22-15-10-24(8-13-3-6-26-11-13)9-14(17(15)23)18(25)21-7-16-19-4-2-5-20-16;3-2(4,5)1(6)7/h2-6,11-12,14H,7-10H2,1H3,(H,21,25);(H,6,7). The van der Waals surface area contributed by atoms with Crippen molar-refractivity contribution >= 4 is 11.9 Å². The van der Waals surface area contributed by atoms with Gasteiger partial charge in [0, 0.05) is 44.6 Å². The number of carboxylic acids is 1. The number of aryl methyl sites for hydroxylation is 1. The van der Waals surface area contributed by atoms with E-state index in [-0.39, 0.29) is 11.8 Å². The van der Waals surface area contributed by atoms with Crippen LogP contribution in [0.5, 0.6) is 0 Å². The van der Waals surface area contributed by atoms with Crippen molar-refractivity contribution in [2.75, 3.05) is 6.54 Å². The number of alkyl halides is 3. The summed E-state index contributed by atoms with van der Waals surface area (Å²) in [5.41, 5.74) is 3.00. The molecule has 2 N–H and O–H groups in total. The number of carboxylic acid groups (broad SMARTS) is 1. The molecule has 176 valence electrons. The number of imidazole rings is 1. The number of hydrogen-bond acceptors (Lipinski definition) is 7. The van der Waals surface area contributed by atoms with E-state index in [2.05, 4.69) is 25.2 Å². The summed E-state index contributed by atoms with van der Waals surface area (Å²) in [7, 11) is 1.93. The molecule has 0 aromatic carbocycles. The third kappa shape index (κ3) is 6.38. The number of carbonyl (C=O) groups is 2. The zero-order valence-corrected chi connectivity index (χ0v) is 17.5. The van der Waals surface area contributed by atoms with Crippen LogP contribution in [0.1, 0.15) is 28.7 Å². The van der Waals surface area contributed by atoms with Gasteiger partial charge in [-0.15, -0.1) is 0 Å². The summed E-state index contributed by atoms with van der Waals surface area (Å²) in [5.74, 6) is -2.49. The number of nitrogens with zero attached hydrogens (tertiary/aromatic N) is 5. The molecule has 1 atom stereocenters. The summed E-state index contributed by atoms with van der Waals surface area (Å²) in [5, 5.41) is 10.1. The molecule has 4 rings (SSSR count). The van der Waals surface area contributed by atoms with Crippen molar-refractivity contribution in [2.45, 2.75) is 31.7 Å². The maximum absolute atomic E-state index is 12.9. The van der Waals surface area contributed by atoms with E-state index in [1.165, 1.54) is 0 Å². The van der Waals surface area contributed by atoms with Crippen molar-refractivity contribution in [1.82, 2.24) is 29.7 Å². The first-order valence-corrected chi connectivity index (χ1v) is 9.72. The highest BCUT2D eigenvalue weighted by Crippen LogP contribution is 2.28. The molecule has 1 aliphatic rings. The Morgan fingerprint density at radius 1 is 1.27 bits per heavy atom. The van der Waals surface area contributed by atoms with Crippen LogP contribution in [0.3, 0.4) is 0 Å². The number of rotatable bonds is 5. The number of hydrogen-bond donors (Lipinski definition) is 2. The number of fused-ring (bicyclic) bond motifs is 1. The quantitative estimate of drug-likeness (QED) is 0.584. The molecule has 0 spiro atoms. The predicted molar refractivity (Wildman–Crippen MR) is 106 cm³/mol. The lowest BCUT2D eigenvalue weighted by molar-refractivity contribution is -0.192. The summed E-state index contributed by atoms with van der Waals surface area (Å²) in [6, 6.07) is 3.69. The Balaban J connectivity index is 0.000000383. The van der Waals surface area contributed by atoms with Gasteiger partial charge in [0.05, 0.1) is 42.7 Å². The van der Waals surface area contributed by atoms with Gasteiger partial charge >= 0.3 is 12.1 Å². The van der Waals surface area contributed by atoms with Gasteiger partial charge < -0.3 is 19.4 Å². The number of carbonyl (C=O) groups excluding carboxylic acids is 1. The van der Waals surface area contributed by atoms with E-state index >= 15 is 0 Å². The maximum Gasteiger partial charge on any atom is 0.490 e. The van der Waals surface area contributed by atoms with Crippen LogP contribution in [-0.4, -0.2) is 54.1 Å². The molecule has 0 saturated heterocycles. The second kappa shape index (κ2) is 10.3. The highest BCUT2D eigenvalue weighted by Gasteiger charge is 2.38. The topological polar surface area (TPSA) is 126 Å². The number of halogens is 3. The smallest absolute Gasteiger partial charge is 0.475 e. The first-order valence-electron chi connectivity index (χ1n) is 9.72. The Morgan fingerprint density at radius 3 is 2.58 bits per heavy atom. The van der Waals surface area contributed by atoms with Gasteiger partial charge in [-0.2, -0.15) is 13.2 Å². The molecule has 1 amide bonds. The molecule has 4 heterocycles. The Bertz CT molecular complexity index is 1070. The highest BCUT2D eigenvalue weighted by molar-refractivity contribution is 5.84. The van der Waals surface area contributed by atoms with Crippen molar-refractivity contribution in [2.24, 2.45) is 7.05 Å². The van der Waals surface area contributed by atoms with Crippen LogP contribution in [0.15, 0.2) is 47.8 Å². The Hall–Kier alpha value is -3.74. The molecule has 0 radical (unpaired) electrons. The Morgan fingerprint density at radius 2 is 1.97 bits per heavy atom. The van der Waals surface area contributed by atoms with Crippen molar-refractivity contribution in [3.8, 4) is 0 Å². The fourth-order valence-corrected chi connectivity index (χ4v) is 3.36. The minimum atomic E-state index is -5.08. The van der Waals surface area contributed by atoms with Crippen LogP contribution in [0.25, 0.3) is 0 Å². The molecular weight excluding hydrogens is 445 g/mol. The van der Waals surface area contributed by atoms with Gasteiger partial charge in [0.25, 0.3) is 0 Å². The molecule has 0 aliphatic carbocycles. The lowest BCUT2D eigenvalue weighted by Gasteiger charge is -2.31. The van der Waals surface area contributed by atoms with E-state index in [1.54, 1.807) is 37.3 Å². The number of furan rings is 1. The zero-order valence-electron chi connectivity index (χ0n) is 17.5. The second-order valence-electron chi connectivity index (χ2n) is 7.23. The summed E-state index contributed by atoms with van der Waals surface area (Å²) in [4.78, 5) is 36.8. The van der Waals surface area contributed by atoms with Crippen molar-refractivity contribution in [3.05, 3.63) is 66.2 Å². The van der Waals surface area contributed by atoms with Gasteiger partial charge in [-0.3, -0.25) is 9.69 Å². The largest absolute Gasteiger partial charge is 0.490 e. The zero-order chi connectivity index (χ0) is 24.0. The highest BCUT2D eigenvalue weighted by atomic mass is 19.4. The normalized spacial score (nSPS) is 15.8. The number of aromatic nitrogens is 4.